The Labute approximate surface area is 169 Å². The summed E-state index contributed by atoms with van der Waals surface area (Å²) in [4.78, 5) is 17.6. The van der Waals surface area contributed by atoms with Crippen molar-refractivity contribution in [3.05, 3.63) is 64.9 Å². The molecule has 1 fully saturated rings. The zero-order chi connectivity index (χ0) is 20.2. The number of allylic oxidation sites excluding steroid dienone is 1. The third-order valence-corrected chi connectivity index (χ3v) is 6.26. The van der Waals surface area contributed by atoms with Gasteiger partial charge in [-0.1, -0.05) is 30.3 Å². The van der Waals surface area contributed by atoms with Crippen molar-refractivity contribution in [1.82, 2.24) is 15.1 Å². The van der Waals surface area contributed by atoms with Crippen molar-refractivity contribution < 1.29 is 13.6 Å². The molecule has 8 heteroatoms. The van der Waals surface area contributed by atoms with Crippen LogP contribution in [0.2, 0.25) is 0 Å². The highest BCUT2D eigenvalue weighted by Crippen LogP contribution is 2.51. The van der Waals surface area contributed by atoms with E-state index in [1.54, 1.807) is 10.7 Å². The number of rotatable bonds is 4. The molecular weight excluding hydrogens is 394 g/mol. The summed E-state index contributed by atoms with van der Waals surface area (Å²) >= 11 is 1.25. The molecule has 0 spiro atoms. The van der Waals surface area contributed by atoms with Gasteiger partial charge in [0, 0.05) is 19.0 Å². The fourth-order valence-electron chi connectivity index (χ4n) is 3.46. The molecule has 3 heterocycles. The van der Waals surface area contributed by atoms with Gasteiger partial charge in [-0.05, 0) is 18.2 Å². The number of dihydropyridines is 1. The Morgan fingerprint density at radius 3 is 2.86 bits per heavy atom. The first-order valence-corrected chi connectivity index (χ1v) is 9.91. The number of fused-ring (bicyclic) bond motifs is 1. The summed E-state index contributed by atoms with van der Waals surface area (Å²) in [6.45, 7) is 0. The molecular formula is C21H16F2N4OS. The first-order chi connectivity index (χ1) is 14.0. The lowest BCUT2D eigenvalue weighted by molar-refractivity contribution is 0.0958. The third kappa shape index (κ3) is 3.00. The second-order valence-corrected chi connectivity index (χ2v) is 8.19. The first-order valence-electron chi connectivity index (χ1n) is 9.09. The second-order valence-electron chi connectivity index (χ2n) is 7.11. The number of aromatic nitrogens is 2. The van der Waals surface area contributed by atoms with Gasteiger partial charge in [0.1, 0.15) is 0 Å². The lowest BCUT2D eigenvalue weighted by atomic mass is 10.1. The lowest BCUT2D eigenvalue weighted by Gasteiger charge is -2.16. The molecule has 29 heavy (non-hydrogen) atoms. The Kier molecular flexibility index (Phi) is 3.99. The van der Waals surface area contributed by atoms with E-state index in [1.807, 2.05) is 49.5 Å². The monoisotopic (exact) mass is 410 g/mol. The molecule has 0 bridgehead atoms. The number of carbonyl (C=O) groups is 1. The molecule has 1 aliphatic heterocycles. The van der Waals surface area contributed by atoms with Crippen LogP contribution in [0, 0.1) is 0 Å². The van der Waals surface area contributed by atoms with E-state index in [-0.39, 0.29) is 12.1 Å². The average Bonchev–Trinajstić information content (AvgIpc) is 3.06. The van der Waals surface area contributed by atoms with E-state index in [1.165, 1.54) is 11.3 Å². The zero-order valence-corrected chi connectivity index (χ0v) is 16.2. The van der Waals surface area contributed by atoms with Crippen molar-refractivity contribution in [2.45, 2.75) is 18.1 Å². The van der Waals surface area contributed by atoms with Gasteiger partial charge in [-0.2, -0.15) is 5.10 Å². The topological polar surface area (TPSA) is 59.3 Å². The van der Waals surface area contributed by atoms with Crippen LogP contribution in [0.3, 0.4) is 0 Å². The van der Waals surface area contributed by atoms with Crippen molar-refractivity contribution in [3.63, 3.8) is 0 Å². The number of thiophene rings is 1. The van der Waals surface area contributed by atoms with E-state index in [0.717, 1.165) is 28.0 Å². The van der Waals surface area contributed by atoms with Gasteiger partial charge in [-0.25, -0.2) is 8.78 Å². The maximum Gasteiger partial charge on any atom is 0.265 e. The molecule has 1 aliphatic carbocycles. The largest absolute Gasteiger partial charge is 0.319 e. The van der Waals surface area contributed by atoms with Gasteiger partial charge in [0.05, 0.1) is 39.1 Å². The number of carbonyl (C=O) groups excluding carboxylic acids is 1. The van der Waals surface area contributed by atoms with Gasteiger partial charge in [-0.15, -0.1) is 11.3 Å². The quantitative estimate of drug-likeness (QED) is 0.698. The van der Waals surface area contributed by atoms with Crippen LogP contribution < -0.4 is 5.32 Å². The number of aliphatic imine (C=N–C) groups is 1. The van der Waals surface area contributed by atoms with Gasteiger partial charge in [0.25, 0.3) is 5.91 Å². The van der Waals surface area contributed by atoms with E-state index < -0.39 is 23.4 Å². The van der Waals surface area contributed by atoms with E-state index in [9.17, 15) is 13.6 Å². The Balaban J connectivity index is 1.40. The Hall–Kier alpha value is -3.13. The summed E-state index contributed by atoms with van der Waals surface area (Å²) in [6, 6.07) is 14.6. The molecule has 2 aromatic heterocycles. The van der Waals surface area contributed by atoms with E-state index >= 15 is 0 Å². The Morgan fingerprint density at radius 1 is 1.28 bits per heavy atom. The minimum absolute atomic E-state index is 0.0967. The molecule has 5 rings (SSSR count). The van der Waals surface area contributed by atoms with E-state index in [2.05, 4.69) is 15.4 Å². The number of hydrogen-bond donors (Lipinski definition) is 1. The smallest absolute Gasteiger partial charge is 0.265 e. The molecule has 2 atom stereocenters. The van der Waals surface area contributed by atoms with Gasteiger partial charge in [0.2, 0.25) is 0 Å². The molecule has 1 aromatic carbocycles. The van der Waals surface area contributed by atoms with Crippen molar-refractivity contribution in [3.8, 4) is 21.8 Å². The maximum absolute atomic E-state index is 14.6. The fourth-order valence-corrected chi connectivity index (χ4v) is 4.41. The van der Waals surface area contributed by atoms with Crippen LogP contribution in [-0.4, -0.2) is 33.6 Å². The van der Waals surface area contributed by atoms with Crippen molar-refractivity contribution in [2.24, 2.45) is 12.0 Å². The zero-order valence-electron chi connectivity index (χ0n) is 15.4. The fraction of sp³-hybridized carbons (Fsp3) is 0.190. The van der Waals surface area contributed by atoms with Crippen LogP contribution in [0.15, 0.2) is 65.0 Å². The summed E-state index contributed by atoms with van der Waals surface area (Å²) in [5.74, 6) is -1.36. The number of alkyl halides is 1. The predicted molar refractivity (Wildman–Crippen MR) is 108 cm³/mol. The molecule has 0 saturated heterocycles. The van der Waals surface area contributed by atoms with Gasteiger partial charge >= 0.3 is 0 Å². The standard InChI is InChI=1S/C21H16F2N4OS/c1-27-15(9-14(26-27)12-5-3-2-4-6-12)16-7-8-17(29-16)20(28)25-19-13(22)11-24-18-10-21(18,19)23/h2-9,11,18H,10H2,1H3,(H,25,28). The van der Waals surface area contributed by atoms with Crippen molar-refractivity contribution >= 4 is 23.5 Å². The number of benzene rings is 1. The summed E-state index contributed by atoms with van der Waals surface area (Å²) in [6.07, 6.45) is 1.07. The maximum atomic E-state index is 14.6. The minimum atomic E-state index is -1.89. The number of halogens is 2. The number of amides is 1. The molecule has 1 amide bonds. The number of nitrogens with one attached hydrogen (secondary N) is 1. The van der Waals surface area contributed by atoms with E-state index in [4.69, 9.17) is 0 Å². The summed E-state index contributed by atoms with van der Waals surface area (Å²) in [5.41, 5.74) is 0.478. The summed E-state index contributed by atoms with van der Waals surface area (Å²) < 4.78 is 30.3. The molecule has 3 aromatic rings. The number of aryl methyl sites for hydroxylation is 1. The van der Waals surface area contributed by atoms with Gasteiger partial charge in [-0.3, -0.25) is 14.5 Å². The number of nitrogens with zero attached hydrogens (tertiary/aromatic N) is 3. The molecule has 0 radical (unpaired) electrons. The van der Waals surface area contributed by atoms with Crippen LogP contribution in [0.5, 0.6) is 0 Å². The minimum Gasteiger partial charge on any atom is -0.319 e. The Bertz CT molecular complexity index is 1180. The summed E-state index contributed by atoms with van der Waals surface area (Å²) in [7, 11) is 1.84. The molecule has 1 N–H and O–H groups in total. The number of hydrogen-bond acceptors (Lipinski definition) is 4. The van der Waals surface area contributed by atoms with Crippen LogP contribution >= 0.6 is 11.3 Å². The van der Waals surface area contributed by atoms with Gasteiger partial charge < -0.3 is 5.32 Å². The molecule has 1 saturated carbocycles. The van der Waals surface area contributed by atoms with Crippen molar-refractivity contribution in [2.75, 3.05) is 0 Å². The van der Waals surface area contributed by atoms with Gasteiger partial charge in [0.15, 0.2) is 11.5 Å². The second kappa shape index (κ2) is 6.45. The van der Waals surface area contributed by atoms with Crippen molar-refractivity contribution in [1.29, 1.82) is 0 Å². The first kappa shape index (κ1) is 17.9. The molecule has 2 unspecified atom stereocenters. The predicted octanol–water partition coefficient (Wildman–Crippen LogP) is 4.29. The average molecular weight is 410 g/mol. The normalized spacial score (nSPS) is 22.5. The molecule has 146 valence electrons. The summed E-state index contributed by atoms with van der Waals surface area (Å²) in [5, 5.41) is 6.96. The Morgan fingerprint density at radius 2 is 2.07 bits per heavy atom. The lowest BCUT2D eigenvalue weighted by Crippen LogP contribution is -2.32. The van der Waals surface area contributed by atoms with Crippen LogP contribution in [0.4, 0.5) is 8.78 Å². The molecule has 5 nitrogen and oxygen atoms in total. The SMILES string of the molecule is Cn1nc(-c2ccccc2)cc1-c1ccc(C(=O)NC2=C(F)C=NC3CC23F)s1. The third-order valence-electron chi connectivity index (χ3n) is 5.15. The van der Waals surface area contributed by atoms with Crippen LogP contribution in [0.25, 0.3) is 21.8 Å². The highest BCUT2D eigenvalue weighted by molar-refractivity contribution is 7.17. The van der Waals surface area contributed by atoms with Crippen LogP contribution in [-0.2, 0) is 7.05 Å². The highest BCUT2D eigenvalue weighted by Gasteiger charge is 2.61. The van der Waals surface area contributed by atoms with E-state index in [0.29, 0.717) is 4.88 Å². The molecule has 2 aliphatic rings. The van der Waals surface area contributed by atoms with Crippen LogP contribution in [0.1, 0.15) is 16.1 Å². The highest BCUT2D eigenvalue weighted by atomic mass is 32.1.